The molecule has 2 aromatic heterocycles. The Hall–Kier alpha value is -3.29. The lowest BCUT2D eigenvalue weighted by Gasteiger charge is -2.32. The fourth-order valence-corrected chi connectivity index (χ4v) is 5.08. The minimum absolute atomic E-state index is 0.0654. The molecule has 176 valence electrons. The molecule has 2 aromatic carbocycles. The van der Waals surface area contributed by atoms with Crippen LogP contribution in [0.3, 0.4) is 0 Å². The van der Waals surface area contributed by atoms with Crippen molar-refractivity contribution in [2.45, 2.75) is 39.3 Å². The van der Waals surface area contributed by atoms with Crippen LogP contribution in [0.15, 0.2) is 70.8 Å². The van der Waals surface area contributed by atoms with Crippen LogP contribution in [-0.2, 0) is 6.54 Å². The molecule has 0 saturated heterocycles. The third-order valence-corrected chi connectivity index (χ3v) is 6.97. The number of carbonyl (C=O) groups excluding carboxylic acids is 1. The molecule has 0 aliphatic rings. The number of aromatic nitrogens is 2. The van der Waals surface area contributed by atoms with Gasteiger partial charge < -0.3 is 10.6 Å². The SMILES string of the molecule is CCC(c1nc2ccsc2c(=O)n1Cc1ccccc1)N(CCCN)C(=O)c1ccccc1C. The lowest BCUT2D eigenvalue weighted by Crippen LogP contribution is -2.40. The molecule has 34 heavy (non-hydrogen) atoms. The maximum absolute atomic E-state index is 13.8. The Morgan fingerprint density at radius 3 is 2.56 bits per heavy atom. The highest BCUT2D eigenvalue weighted by Gasteiger charge is 2.29. The summed E-state index contributed by atoms with van der Waals surface area (Å²) in [6.07, 6.45) is 1.29. The highest BCUT2D eigenvalue weighted by Crippen LogP contribution is 2.28. The van der Waals surface area contributed by atoms with Crippen LogP contribution in [0.4, 0.5) is 0 Å². The van der Waals surface area contributed by atoms with E-state index in [4.69, 9.17) is 10.7 Å². The summed E-state index contributed by atoms with van der Waals surface area (Å²) in [6.45, 7) is 5.33. The topological polar surface area (TPSA) is 81.2 Å². The molecule has 0 aliphatic heterocycles. The minimum atomic E-state index is -0.362. The average molecular weight is 475 g/mol. The molecule has 1 amide bonds. The first kappa shape index (κ1) is 23.9. The summed E-state index contributed by atoms with van der Waals surface area (Å²) in [5.41, 5.74) is 9.03. The zero-order valence-electron chi connectivity index (χ0n) is 19.6. The maximum atomic E-state index is 13.8. The van der Waals surface area contributed by atoms with Crippen LogP contribution >= 0.6 is 11.3 Å². The molecule has 4 aromatic rings. The number of carbonyl (C=O) groups is 1. The van der Waals surface area contributed by atoms with Crippen LogP contribution in [-0.4, -0.2) is 33.4 Å². The van der Waals surface area contributed by atoms with Crippen LogP contribution in [0.1, 0.15) is 53.1 Å². The zero-order chi connectivity index (χ0) is 24.1. The summed E-state index contributed by atoms with van der Waals surface area (Å²) in [4.78, 5) is 34.1. The quantitative estimate of drug-likeness (QED) is 0.379. The smallest absolute Gasteiger partial charge is 0.271 e. The molecule has 0 radical (unpaired) electrons. The van der Waals surface area contributed by atoms with E-state index in [2.05, 4.69) is 0 Å². The Morgan fingerprint density at radius 1 is 1.12 bits per heavy atom. The standard InChI is InChI=1S/C27H30N4O2S/c1-3-23(30(16-9-15-28)26(32)21-13-8-7-10-19(21)2)25-29-22-14-17-34-24(22)27(33)31(25)18-20-11-5-4-6-12-20/h4-8,10-14,17,23H,3,9,15-16,18,28H2,1-2H3. The fraction of sp³-hybridized carbons (Fsp3) is 0.296. The molecule has 1 atom stereocenters. The first-order valence-electron chi connectivity index (χ1n) is 11.6. The van der Waals surface area contributed by atoms with E-state index >= 15 is 0 Å². The lowest BCUT2D eigenvalue weighted by molar-refractivity contribution is 0.0655. The van der Waals surface area contributed by atoms with Gasteiger partial charge in [-0.25, -0.2) is 4.98 Å². The second-order valence-electron chi connectivity index (χ2n) is 8.36. The maximum Gasteiger partial charge on any atom is 0.271 e. The van der Waals surface area contributed by atoms with Crippen molar-refractivity contribution in [2.75, 3.05) is 13.1 Å². The number of benzene rings is 2. The number of thiophene rings is 1. The van der Waals surface area contributed by atoms with E-state index in [9.17, 15) is 9.59 Å². The molecule has 0 spiro atoms. The van der Waals surface area contributed by atoms with Crippen LogP contribution in [0, 0.1) is 6.92 Å². The summed E-state index contributed by atoms with van der Waals surface area (Å²) < 4.78 is 2.37. The van der Waals surface area contributed by atoms with Gasteiger partial charge in [0.25, 0.3) is 11.5 Å². The van der Waals surface area contributed by atoms with Crippen molar-refractivity contribution in [1.29, 1.82) is 0 Å². The van der Waals surface area contributed by atoms with Crippen molar-refractivity contribution in [1.82, 2.24) is 14.5 Å². The molecule has 2 N–H and O–H groups in total. The average Bonchev–Trinajstić information content (AvgIpc) is 3.33. The van der Waals surface area contributed by atoms with E-state index < -0.39 is 0 Å². The van der Waals surface area contributed by atoms with Gasteiger partial charge in [0.2, 0.25) is 0 Å². The molecule has 1 unspecified atom stereocenters. The number of aryl methyl sites for hydroxylation is 1. The summed E-state index contributed by atoms with van der Waals surface area (Å²) in [7, 11) is 0. The van der Waals surface area contributed by atoms with Crippen LogP contribution < -0.4 is 11.3 Å². The van der Waals surface area contributed by atoms with Gasteiger partial charge >= 0.3 is 0 Å². The Bertz CT molecular complexity index is 1330. The van der Waals surface area contributed by atoms with Crippen LogP contribution in [0.25, 0.3) is 10.2 Å². The highest BCUT2D eigenvalue weighted by molar-refractivity contribution is 7.17. The van der Waals surface area contributed by atoms with Crippen molar-refractivity contribution in [3.63, 3.8) is 0 Å². The predicted octanol–water partition coefficient (Wildman–Crippen LogP) is 4.76. The number of hydrogen-bond acceptors (Lipinski definition) is 5. The van der Waals surface area contributed by atoms with Crippen molar-refractivity contribution in [3.05, 3.63) is 98.9 Å². The summed E-state index contributed by atoms with van der Waals surface area (Å²) in [5, 5.41) is 1.89. The van der Waals surface area contributed by atoms with Gasteiger partial charge in [-0.3, -0.25) is 14.2 Å². The Kier molecular flexibility index (Phi) is 7.55. The third kappa shape index (κ3) is 4.81. The minimum Gasteiger partial charge on any atom is -0.330 e. The molecule has 0 aliphatic carbocycles. The van der Waals surface area contributed by atoms with E-state index in [1.165, 1.54) is 11.3 Å². The number of hydrogen-bond donors (Lipinski definition) is 1. The van der Waals surface area contributed by atoms with Crippen LogP contribution in [0.5, 0.6) is 0 Å². The van der Waals surface area contributed by atoms with Gasteiger partial charge in [-0.15, -0.1) is 11.3 Å². The Morgan fingerprint density at radius 2 is 1.85 bits per heavy atom. The van der Waals surface area contributed by atoms with E-state index in [-0.39, 0.29) is 17.5 Å². The van der Waals surface area contributed by atoms with Gasteiger partial charge in [0.1, 0.15) is 10.5 Å². The molecule has 6 nitrogen and oxygen atoms in total. The molecular weight excluding hydrogens is 444 g/mol. The van der Waals surface area contributed by atoms with E-state index in [0.717, 1.165) is 11.1 Å². The second-order valence-corrected chi connectivity index (χ2v) is 9.28. The third-order valence-electron chi connectivity index (χ3n) is 6.08. The molecule has 0 fully saturated rings. The van der Waals surface area contributed by atoms with E-state index in [1.807, 2.05) is 84.8 Å². The highest BCUT2D eigenvalue weighted by atomic mass is 32.1. The van der Waals surface area contributed by atoms with Crippen molar-refractivity contribution in [2.24, 2.45) is 5.73 Å². The zero-order valence-corrected chi connectivity index (χ0v) is 20.4. The van der Waals surface area contributed by atoms with Crippen molar-refractivity contribution in [3.8, 4) is 0 Å². The van der Waals surface area contributed by atoms with Gasteiger partial charge in [-0.2, -0.15) is 0 Å². The summed E-state index contributed by atoms with van der Waals surface area (Å²) >= 11 is 1.40. The molecule has 0 saturated carbocycles. The first-order chi connectivity index (χ1) is 16.5. The van der Waals surface area contributed by atoms with Gasteiger partial charge in [0.15, 0.2) is 0 Å². The van der Waals surface area contributed by atoms with Gasteiger partial charge in [0, 0.05) is 12.1 Å². The normalized spacial score (nSPS) is 12.1. The number of nitrogens with zero attached hydrogens (tertiary/aromatic N) is 3. The van der Waals surface area contributed by atoms with Gasteiger partial charge in [-0.05, 0) is 54.9 Å². The molecule has 0 bridgehead atoms. The van der Waals surface area contributed by atoms with E-state index in [0.29, 0.717) is 54.1 Å². The summed E-state index contributed by atoms with van der Waals surface area (Å²) in [6, 6.07) is 19.0. The first-order valence-corrected chi connectivity index (χ1v) is 12.5. The summed E-state index contributed by atoms with van der Waals surface area (Å²) in [5.74, 6) is 0.547. The fourth-order valence-electron chi connectivity index (χ4n) is 4.30. The number of amides is 1. The van der Waals surface area contributed by atoms with Crippen molar-refractivity contribution < 1.29 is 4.79 Å². The van der Waals surface area contributed by atoms with Crippen LogP contribution in [0.2, 0.25) is 0 Å². The lowest BCUT2D eigenvalue weighted by atomic mass is 10.0. The number of nitrogens with two attached hydrogens (primary N) is 1. The second kappa shape index (κ2) is 10.8. The molecule has 2 heterocycles. The largest absolute Gasteiger partial charge is 0.330 e. The molecule has 4 rings (SSSR count). The number of fused-ring (bicyclic) bond motifs is 1. The number of rotatable bonds is 9. The van der Waals surface area contributed by atoms with Gasteiger partial charge in [-0.1, -0.05) is 55.5 Å². The molecular formula is C27H30N4O2S. The Labute approximate surface area is 203 Å². The van der Waals surface area contributed by atoms with Gasteiger partial charge in [0.05, 0.1) is 18.1 Å². The van der Waals surface area contributed by atoms with Crippen molar-refractivity contribution >= 4 is 27.5 Å². The molecule has 7 heteroatoms. The Balaban J connectivity index is 1.86. The predicted molar refractivity (Wildman–Crippen MR) is 138 cm³/mol. The monoisotopic (exact) mass is 474 g/mol. The van der Waals surface area contributed by atoms with E-state index in [1.54, 1.807) is 4.57 Å².